The number of hydrogen-bond acceptors (Lipinski definition) is 4. The maximum atomic E-state index is 9.42. The van der Waals surface area contributed by atoms with Gasteiger partial charge in [-0.05, 0) is 72.9 Å². The van der Waals surface area contributed by atoms with Crippen LogP contribution in [-0.4, -0.2) is 29.5 Å². The SMILES string of the molecule is Cc1ccc(COc2ccc(-c3ccc(OCC(O)CO)cc3C)cc2C)cc1. The van der Waals surface area contributed by atoms with Crippen molar-refractivity contribution < 1.29 is 19.7 Å². The second-order valence-electron chi connectivity index (χ2n) is 7.38. The molecule has 0 radical (unpaired) electrons. The number of aliphatic hydroxyl groups excluding tert-OH is 2. The van der Waals surface area contributed by atoms with E-state index in [-0.39, 0.29) is 13.2 Å². The van der Waals surface area contributed by atoms with E-state index in [9.17, 15) is 5.11 Å². The summed E-state index contributed by atoms with van der Waals surface area (Å²) in [4.78, 5) is 0. The second kappa shape index (κ2) is 9.59. The smallest absolute Gasteiger partial charge is 0.122 e. The Labute approximate surface area is 172 Å². The summed E-state index contributed by atoms with van der Waals surface area (Å²) >= 11 is 0. The van der Waals surface area contributed by atoms with Gasteiger partial charge in [0.25, 0.3) is 0 Å². The first-order chi connectivity index (χ1) is 14.0. The predicted octanol–water partition coefficient (Wildman–Crippen LogP) is 4.59. The fraction of sp³-hybridized carbons (Fsp3) is 0.280. The molecule has 152 valence electrons. The third kappa shape index (κ3) is 5.59. The summed E-state index contributed by atoms with van der Waals surface area (Å²) in [5.74, 6) is 1.55. The molecule has 0 aromatic heterocycles. The zero-order valence-corrected chi connectivity index (χ0v) is 17.2. The van der Waals surface area contributed by atoms with Crippen molar-refractivity contribution in [2.24, 2.45) is 0 Å². The average Bonchev–Trinajstić information content (AvgIpc) is 2.72. The molecule has 3 aromatic rings. The van der Waals surface area contributed by atoms with Crippen LogP contribution >= 0.6 is 0 Å². The second-order valence-corrected chi connectivity index (χ2v) is 7.38. The minimum absolute atomic E-state index is 0.0708. The van der Waals surface area contributed by atoms with Gasteiger partial charge >= 0.3 is 0 Å². The van der Waals surface area contributed by atoms with Crippen LogP contribution < -0.4 is 9.47 Å². The molecule has 0 bridgehead atoms. The normalized spacial score (nSPS) is 11.9. The number of aryl methyl sites for hydroxylation is 3. The zero-order valence-electron chi connectivity index (χ0n) is 17.2. The van der Waals surface area contributed by atoms with Crippen LogP contribution in [0.15, 0.2) is 60.7 Å². The van der Waals surface area contributed by atoms with Gasteiger partial charge in [0.05, 0.1) is 6.61 Å². The van der Waals surface area contributed by atoms with Crippen molar-refractivity contribution in [1.29, 1.82) is 0 Å². The molecule has 0 saturated heterocycles. The van der Waals surface area contributed by atoms with Crippen molar-refractivity contribution in [1.82, 2.24) is 0 Å². The standard InChI is InChI=1S/C25H28O4/c1-17-4-6-20(7-5-17)15-29-25-11-8-21(12-19(25)3)24-10-9-23(13-18(24)2)28-16-22(27)14-26/h4-13,22,26-27H,14-16H2,1-3H3. The molecule has 3 rings (SSSR count). The Morgan fingerprint density at radius 1 is 0.828 bits per heavy atom. The number of benzene rings is 3. The topological polar surface area (TPSA) is 58.9 Å². The van der Waals surface area contributed by atoms with Crippen molar-refractivity contribution >= 4 is 0 Å². The van der Waals surface area contributed by atoms with Crippen LogP contribution in [0.4, 0.5) is 0 Å². The highest BCUT2D eigenvalue weighted by molar-refractivity contribution is 5.69. The van der Waals surface area contributed by atoms with Crippen LogP contribution in [0.25, 0.3) is 11.1 Å². The quantitative estimate of drug-likeness (QED) is 0.589. The lowest BCUT2D eigenvalue weighted by Gasteiger charge is -2.14. The molecule has 0 amide bonds. The van der Waals surface area contributed by atoms with Crippen LogP contribution in [0.2, 0.25) is 0 Å². The summed E-state index contributed by atoms with van der Waals surface area (Å²) < 4.78 is 11.5. The summed E-state index contributed by atoms with van der Waals surface area (Å²) in [6.07, 6.45) is -0.870. The molecule has 0 fully saturated rings. The Morgan fingerprint density at radius 3 is 2.24 bits per heavy atom. The van der Waals surface area contributed by atoms with Gasteiger partial charge < -0.3 is 19.7 Å². The molecular formula is C25H28O4. The van der Waals surface area contributed by atoms with Crippen molar-refractivity contribution in [2.45, 2.75) is 33.5 Å². The van der Waals surface area contributed by atoms with Gasteiger partial charge in [-0.3, -0.25) is 0 Å². The van der Waals surface area contributed by atoms with E-state index < -0.39 is 6.10 Å². The highest BCUT2D eigenvalue weighted by Gasteiger charge is 2.09. The van der Waals surface area contributed by atoms with Gasteiger partial charge in [-0.1, -0.05) is 42.0 Å². The van der Waals surface area contributed by atoms with Crippen molar-refractivity contribution in [3.63, 3.8) is 0 Å². The van der Waals surface area contributed by atoms with Gasteiger partial charge in [0.15, 0.2) is 0 Å². The van der Waals surface area contributed by atoms with E-state index >= 15 is 0 Å². The van der Waals surface area contributed by atoms with E-state index in [1.165, 1.54) is 5.56 Å². The molecule has 29 heavy (non-hydrogen) atoms. The Balaban J connectivity index is 1.69. The van der Waals surface area contributed by atoms with Crippen LogP contribution in [0, 0.1) is 20.8 Å². The average molecular weight is 392 g/mol. The third-order valence-corrected chi connectivity index (χ3v) is 4.85. The number of hydrogen-bond donors (Lipinski definition) is 2. The van der Waals surface area contributed by atoms with Crippen LogP contribution in [-0.2, 0) is 6.61 Å². The van der Waals surface area contributed by atoms with Crippen molar-refractivity contribution in [3.05, 3.63) is 82.9 Å². The first kappa shape index (κ1) is 20.9. The van der Waals surface area contributed by atoms with E-state index in [1.54, 1.807) is 0 Å². The van der Waals surface area contributed by atoms with Crippen LogP contribution in [0.1, 0.15) is 22.3 Å². The lowest BCUT2D eigenvalue weighted by Crippen LogP contribution is -2.21. The molecule has 3 aromatic carbocycles. The van der Waals surface area contributed by atoms with Gasteiger partial charge in [-0.2, -0.15) is 0 Å². The molecule has 0 saturated carbocycles. The van der Waals surface area contributed by atoms with Gasteiger partial charge in [0.1, 0.15) is 30.8 Å². The predicted molar refractivity (Wildman–Crippen MR) is 115 cm³/mol. The molecule has 0 aliphatic carbocycles. The maximum Gasteiger partial charge on any atom is 0.122 e. The monoisotopic (exact) mass is 392 g/mol. The Bertz CT molecular complexity index is 948. The van der Waals surface area contributed by atoms with Crippen LogP contribution in [0.5, 0.6) is 11.5 Å². The zero-order chi connectivity index (χ0) is 20.8. The Kier molecular flexibility index (Phi) is 6.91. The molecule has 2 N–H and O–H groups in total. The lowest BCUT2D eigenvalue weighted by atomic mass is 9.98. The number of rotatable bonds is 8. The molecule has 0 heterocycles. The summed E-state index contributed by atoms with van der Waals surface area (Å²) in [5.41, 5.74) is 6.79. The lowest BCUT2D eigenvalue weighted by molar-refractivity contribution is 0.0536. The van der Waals surface area contributed by atoms with E-state index in [4.69, 9.17) is 14.6 Å². The summed E-state index contributed by atoms with van der Waals surface area (Å²) in [5, 5.41) is 18.3. The molecular weight excluding hydrogens is 364 g/mol. The fourth-order valence-corrected chi connectivity index (χ4v) is 3.12. The van der Waals surface area contributed by atoms with E-state index in [0.717, 1.165) is 33.6 Å². The van der Waals surface area contributed by atoms with Crippen LogP contribution in [0.3, 0.4) is 0 Å². The fourth-order valence-electron chi connectivity index (χ4n) is 3.12. The molecule has 1 unspecified atom stereocenters. The van der Waals surface area contributed by atoms with Crippen molar-refractivity contribution in [3.8, 4) is 22.6 Å². The van der Waals surface area contributed by atoms with Crippen molar-refractivity contribution in [2.75, 3.05) is 13.2 Å². The summed E-state index contributed by atoms with van der Waals surface area (Å²) in [7, 11) is 0. The molecule has 0 spiro atoms. The number of ether oxygens (including phenoxy) is 2. The third-order valence-electron chi connectivity index (χ3n) is 4.85. The summed E-state index contributed by atoms with van der Waals surface area (Å²) in [6.45, 7) is 6.47. The minimum Gasteiger partial charge on any atom is -0.491 e. The molecule has 1 atom stereocenters. The first-order valence-electron chi connectivity index (χ1n) is 9.78. The first-order valence-corrected chi connectivity index (χ1v) is 9.78. The molecule has 0 aliphatic heterocycles. The molecule has 0 aliphatic rings. The molecule has 4 heteroatoms. The van der Waals surface area contributed by atoms with Gasteiger partial charge in [-0.15, -0.1) is 0 Å². The minimum atomic E-state index is -0.870. The Morgan fingerprint density at radius 2 is 1.59 bits per heavy atom. The summed E-state index contributed by atoms with van der Waals surface area (Å²) in [6, 6.07) is 20.4. The van der Waals surface area contributed by atoms with Gasteiger partial charge in [0, 0.05) is 0 Å². The van der Waals surface area contributed by atoms with Gasteiger partial charge in [0.2, 0.25) is 0 Å². The highest BCUT2D eigenvalue weighted by atomic mass is 16.5. The van der Waals surface area contributed by atoms with E-state index in [1.807, 2.05) is 31.2 Å². The van der Waals surface area contributed by atoms with E-state index in [0.29, 0.717) is 12.4 Å². The highest BCUT2D eigenvalue weighted by Crippen LogP contribution is 2.31. The van der Waals surface area contributed by atoms with E-state index in [2.05, 4.69) is 50.2 Å². The number of aliphatic hydroxyl groups is 2. The Hall–Kier alpha value is -2.82. The molecule has 4 nitrogen and oxygen atoms in total. The maximum absolute atomic E-state index is 9.42. The largest absolute Gasteiger partial charge is 0.491 e. The van der Waals surface area contributed by atoms with Gasteiger partial charge in [-0.25, -0.2) is 0 Å².